The standard InChI is InChI=1S/C22H32N4O2S.HI/c1-22(2,17-8-9-18(27-4)19(15-17)28-5)16-24-21(23-3)26-12-10-25(11-13-26)20-7-6-14-29-20;/h6-9,14-15H,10-13,16H2,1-5H3,(H,23,24);1H. The second-order valence-corrected chi connectivity index (χ2v) is 8.71. The summed E-state index contributed by atoms with van der Waals surface area (Å²) in [7, 11) is 5.19. The predicted octanol–water partition coefficient (Wildman–Crippen LogP) is 4.06. The van der Waals surface area contributed by atoms with Crippen molar-refractivity contribution in [3.05, 3.63) is 41.3 Å². The van der Waals surface area contributed by atoms with Gasteiger partial charge in [-0.2, -0.15) is 0 Å². The van der Waals surface area contributed by atoms with Crippen LogP contribution in [0.3, 0.4) is 0 Å². The Bertz CT molecular complexity index is 819. The molecule has 0 bridgehead atoms. The van der Waals surface area contributed by atoms with Gasteiger partial charge in [-0.05, 0) is 35.2 Å². The number of methoxy groups -OCH3 is 2. The Morgan fingerprint density at radius 3 is 2.37 bits per heavy atom. The lowest BCUT2D eigenvalue weighted by Gasteiger charge is -2.38. The van der Waals surface area contributed by atoms with E-state index in [-0.39, 0.29) is 29.4 Å². The summed E-state index contributed by atoms with van der Waals surface area (Å²) in [4.78, 5) is 9.32. The molecule has 1 aliphatic rings. The zero-order valence-electron chi connectivity index (χ0n) is 18.5. The minimum Gasteiger partial charge on any atom is -0.493 e. The summed E-state index contributed by atoms with van der Waals surface area (Å²) in [5.41, 5.74) is 1.11. The summed E-state index contributed by atoms with van der Waals surface area (Å²) in [6, 6.07) is 10.4. The van der Waals surface area contributed by atoms with Crippen molar-refractivity contribution in [2.24, 2.45) is 4.99 Å². The summed E-state index contributed by atoms with van der Waals surface area (Å²) >= 11 is 1.80. The van der Waals surface area contributed by atoms with Crippen LogP contribution < -0.4 is 19.7 Å². The number of nitrogens with zero attached hydrogens (tertiary/aromatic N) is 3. The minimum absolute atomic E-state index is 0. The molecule has 1 saturated heterocycles. The number of hydrogen-bond acceptors (Lipinski definition) is 5. The average molecular weight is 545 g/mol. The molecule has 0 radical (unpaired) electrons. The van der Waals surface area contributed by atoms with Crippen molar-refractivity contribution in [1.29, 1.82) is 0 Å². The number of guanidine groups is 1. The highest BCUT2D eigenvalue weighted by atomic mass is 127. The normalized spacial score (nSPS) is 14.9. The van der Waals surface area contributed by atoms with E-state index in [0.29, 0.717) is 0 Å². The van der Waals surface area contributed by atoms with Crippen LogP contribution in [-0.4, -0.2) is 64.9 Å². The van der Waals surface area contributed by atoms with Crippen LogP contribution >= 0.6 is 35.3 Å². The number of thiophene rings is 1. The molecule has 0 atom stereocenters. The average Bonchev–Trinajstić information content (AvgIpc) is 3.29. The third-order valence-corrected chi connectivity index (χ3v) is 6.39. The van der Waals surface area contributed by atoms with Crippen molar-refractivity contribution >= 4 is 46.3 Å². The van der Waals surface area contributed by atoms with E-state index in [2.05, 4.69) is 63.6 Å². The Morgan fingerprint density at radius 1 is 1.10 bits per heavy atom. The van der Waals surface area contributed by atoms with Gasteiger partial charge in [-0.25, -0.2) is 0 Å². The number of hydrogen-bond donors (Lipinski definition) is 1. The molecule has 3 rings (SSSR count). The Balaban J connectivity index is 0.00000320. The number of benzene rings is 1. The van der Waals surface area contributed by atoms with Crippen LogP contribution in [0, 0.1) is 0 Å². The largest absolute Gasteiger partial charge is 0.493 e. The highest BCUT2D eigenvalue weighted by Gasteiger charge is 2.25. The molecule has 1 N–H and O–H groups in total. The highest BCUT2D eigenvalue weighted by molar-refractivity contribution is 14.0. The van der Waals surface area contributed by atoms with Crippen molar-refractivity contribution in [3.8, 4) is 11.5 Å². The van der Waals surface area contributed by atoms with Crippen molar-refractivity contribution < 1.29 is 9.47 Å². The van der Waals surface area contributed by atoms with E-state index in [0.717, 1.165) is 50.2 Å². The van der Waals surface area contributed by atoms with Crippen LogP contribution in [0.25, 0.3) is 0 Å². The summed E-state index contributed by atoms with van der Waals surface area (Å²) in [5.74, 6) is 2.47. The van der Waals surface area contributed by atoms with Crippen LogP contribution in [0.1, 0.15) is 19.4 Å². The molecule has 0 amide bonds. The molecule has 0 unspecified atom stereocenters. The number of anilines is 1. The smallest absolute Gasteiger partial charge is 0.193 e. The van der Waals surface area contributed by atoms with Gasteiger partial charge in [0.2, 0.25) is 0 Å². The van der Waals surface area contributed by atoms with E-state index in [1.54, 1.807) is 25.6 Å². The lowest BCUT2D eigenvalue weighted by atomic mass is 9.84. The van der Waals surface area contributed by atoms with Crippen LogP contribution in [0.5, 0.6) is 11.5 Å². The van der Waals surface area contributed by atoms with Crippen LogP contribution in [0.15, 0.2) is 40.7 Å². The first-order valence-electron chi connectivity index (χ1n) is 9.95. The Labute approximate surface area is 201 Å². The van der Waals surface area contributed by atoms with Gasteiger partial charge in [-0.1, -0.05) is 19.9 Å². The van der Waals surface area contributed by atoms with E-state index in [1.807, 2.05) is 13.1 Å². The molecule has 8 heteroatoms. The predicted molar refractivity (Wildman–Crippen MR) is 137 cm³/mol. The summed E-state index contributed by atoms with van der Waals surface area (Å²) in [5, 5.41) is 7.07. The minimum atomic E-state index is -0.0890. The molecule has 2 aromatic rings. The second kappa shape index (κ2) is 11.1. The molecule has 2 heterocycles. The van der Waals surface area contributed by atoms with Gasteiger partial charge in [0.15, 0.2) is 17.5 Å². The first-order valence-corrected chi connectivity index (χ1v) is 10.8. The van der Waals surface area contributed by atoms with Crippen molar-refractivity contribution in [3.63, 3.8) is 0 Å². The van der Waals surface area contributed by atoms with Crippen LogP contribution in [0.2, 0.25) is 0 Å². The third kappa shape index (κ3) is 5.72. The van der Waals surface area contributed by atoms with Crippen molar-refractivity contribution in [1.82, 2.24) is 10.2 Å². The van der Waals surface area contributed by atoms with E-state index in [9.17, 15) is 0 Å². The lowest BCUT2D eigenvalue weighted by molar-refractivity contribution is 0.352. The van der Waals surface area contributed by atoms with E-state index >= 15 is 0 Å². The van der Waals surface area contributed by atoms with E-state index < -0.39 is 0 Å². The molecule has 0 spiro atoms. The zero-order chi connectivity index (χ0) is 20.9. The second-order valence-electron chi connectivity index (χ2n) is 7.78. The van der Waals surface area contributed by atoms with Gasteiger partial charge < -0.3 is 24.6 Å². The maximum absolute atomic E-state index is 5.47. The summed E-state index contributed by atoms with van der Waals surface area (Å²) in [6.07, 6.45) is 0. The summed E-state index contributed by atoms with van der Waals surface area (Å²) < 4.78 is 10.8. The lowest BCUT2D eigenvalue weighted by Crippen LogP contribution is -2.53. The molecular formula is C22H33IN4O2S. The molecule has 1 aromatic heterocycles. The molecule has 1 aliphatic heterocycles. The van der Waals surface area contributed by atoms with Gasteiger partial charge >= 0.3 is 0 Å². The fraction of sp³-hybridized carbons (Fsp3) is 0.500. The molecule has 0 aliphatic carbocycles. The van der Waals surface area contributed by atoms with Gasteiger partial charge in [0, 0.05) is 45.2 Å². The first kappa shape index (κ1) is 24.6. The molecule has 30 heavy (non-hydrogen) atoms. The van der Waals surface area contributed by atoms with Gasteiger partial charge in [0.1, 0.15) is 0 Å². The van der Waals surface area contributed by atoms with Crippen molar-refractivity contribution in [2.75, 3.05) is 58.9 Å². The molecule has 166 valence electrons. The number of rotatable bonds is 6. The van der Waals surface area contributed by atoms with Crippen LogP contribution in [-0.2, 0) is 5.41 Å². The topological polar surface area (TPSA) is 49.3 Å². The molecule has 0 saturated carbocycles. The number of aliphatic imine (C=N–C) groups is 1. The number of halogens is 1. The molecule has 6 nitrogen and oxygen atoms in total. The number of piperazine rings is 1. The number of nitrogens with one attached hydrogen (secondary N) is 1. The maximum atomic E-state index is 5.47. The fourth-order valence-corrected chi connectivity index (χ4v) is 4.37. The SMILES string of the molecule is CN=C(NCC(C)(C)c1ccc(OC)c(OC)c1)N1CCN(c2cccs2)CC1.I. The van der Waals surface area contributed by atoms with Gasteiger partial charge in [0.25, 0.3) is 0 Å². The molecular weight excluding hydrogens is 511 g/mol. The van der Waals surface area contributed by atoms with Gasteiger partial charge in [-0.15, -0.1) is 35.3 Å². The van der Waals surface area contributed by atoms with E-state index in [4.69, 9.17) is 9.47 Å². The quantitative estimate of drug-likeness (QED) is 0.338. The van der Waals surface area contributed by atoms with Gasteiger partial charge in [-0.3, -0.25) is 4.99 Å². The Kier molecular flexibility index (Phi) is 9.09. The van der Waals surface area contributed by atoms with Crippen LogP contribution in [0.4, 0.5) is 5.00 Å². The third-order valence-electron chi connectivity index (χ3n) is 5.46. The fourth-order valence-electron chi connectivity index (χ4n) is 3.58. The first-order chi connectivity index (χ1) is 14.0. The number of ether oxygens (including phenoxy) is 2. The maximum Gasteiger partial charge on any atom is 0.193 e. The monoisotopic (exact) mass is 544 g/mol. The molecule has 1 aromatic carbocycles. The molecule has 1 fully saturated rings. The zero-order valence-corrected chi connectivity index (χ0v) is 21.6. The highest BCUT2D eigenvalue weighted by Crippen LogP contribution is 2.33. The van der Waals surface area contributed by atoms with Crippen molar-refractivity contribution in [2.45, 2.75) is 19.3 Å². The van der Waals surface area contributed by atoms with Gasteiger partial charge in [0.05, 0.1) is 19.2 Å². The Hall–Kier alpha value is -1.68. The van der Waals surface area contributed by atoms with E-state index in [1.165, 1.54) is 10.6 Å². The Morgan fingerprint density at radius 2 is 1.80 bits per heavy atom. The summed E-state index contributed by atoms with van der Waals surface area (Å²) in [6.45, 7) is 9.19.